The van der Waals surface area contributed by atoms with E-state index in [2.05, 4.69) is 74.2 Å². The summed E-state index contributed by atoms with van der Waals surface area (Å²) in [5, 5.41) is 0. The molecule has 3 aromatic rings. The van der Waals surface area contributed by atoms with E-state index in [-0.39, 0.29) is 11.4 Å². The molecule has 1 atom stereocenters. The number of methoxy groups -OCH3 is 2. The lowest BCUT2D eigenvalue weighted by Gasteiger charge is -2.24. The normalized spacial score (nSPS) is 12.6. The maximum Gasteiger partial charge on any atom is 0.221 e. The van der Waals surface area contributed by atoms with Gasteiger partial charge in [-0.2, -0.15) is 4.98 Å². The summed E-state index contributed by atoms with van der Waals surface area (Å²) in [5.41, 5.74) is 16.7. The average molecular weight is 466 g/mol. The zero-order chi connectivity index (χ0) is 24.3. The lowest BCUT2D eigenvalue weighted by Crippen LogP contribution is -2.18. The van der Waals surface area contributed by atoms with E-state index in [1.807, 2.05) is 6.07 Å². The van der Waals surface area contributed by atoms with E-state index in [1.165, 1.54) is 5.56 Å². The topological polar surface area (TPSA) is 106 Å². The minimum absolute atomic E-state index is 0.0639. The fourth-order valence-electron chi connectivity index (χ4n) is 3.67. The second-order valence-electron chi connectivity index (χ2n) is 9.11. The van der Waals surface area contributed by atoms with Gasteiger partial charge >= 0.3 is 0 Å². The van der Waals surface area contributed by atoms with E-state index in [0.29, 0.717) is 22.9 Å². The number of ether oxygens (including phenoxy) is 2. The highest BCUT2D eigenvalue weighted by atomic mass is 28.3. The molecule has 8 heteroatoms. The molecule has 7 nitrogen and oxygen atoms in total. The molecule has 2 aromatic carbocycles. The fraction of sp³-hybridized carbons (Fsp3) is 0.360. The third kappa shape index (κ3) is 5.46. The van der Waals surface area contributed by atoms with Crippen molar-refractivity contribution in [2.24, 2.45) is 0 Å². The molecule has 3 rings (SSSR count). The summed E-state index contributed by atoms with van der Waals surface area (Å²) < 4.78 is 17.8. The largest absolute Gasteiger partial charge is 0.493 e. The van der Waals surface area contributed by atoms with E-state index in [1.54, 1.807) is 20.4 Å². The predicted molar refractivity (Wildman–Crippen MR) is 135 cm³/mol. The summed E-state index contributed by atoms with van der Waals surface area (Å²) >= 11 is 0. The van der Waals surface area contributed by atoms with Gasteiger partial charge in [0.05, 0.1) is 14.2 Å². The summed E-state index contributed by atoms with van der Waals surface area (Å²) in [5.74, 6) is 1.68. The SMILES string of the molecule is COc1cc(C(O[Si](C)C)c2cnc(N)nc2N)cc(-c2ccc(C(C)(C)C)cc2)c1OC. The molecular weight excluding hydrogens is 432 g/mol. The van der Waals surface area contributed by atoms with Crippen LogP contribution >= 0.6 is 0 Å². The molecule has 0 saturated heterocycles. The van der Waals surface area contributed by atoms with E-state index < -0.39 is 15.1 Å². The van der Waals surface area contributed by atoms with Crippen molar-refractivity contribution in [3.8, 4) is 22.6 Å². The average Bonchev–Trinajstić information content (AvgIpc) is 2.76. The maximum atomic E-state index is 6.38. The molecule has 1 radical (unpaired) electrons. The highest BCUT2D eigenvalue weighted by Crippen LogP contribution is 2.43. The van der Waals surface area contributed by atoms with E-state index in [9.17, 15) is 0 Å². The van der Waals surface area contributed by atoms with Crippen molar-refractivity contribution in [1.82, 2.24) is 9.97 Å². The molecule has 33 heavy (non-hydrogen) atoms. The lowest BCUT2D eigenvalue weighted by atomic mass is 9.86. The van der Waals surface area contributed by atoms with Crippen LogP contribution in [0.2, 0.25) is 13.1 Å². The van der Waals surface area contributed by atoms with Crippen LogP contribution in [0.25, 0.3) is 11.1 Å². The van der Waals surface area contributed by atoms with Crippen molar-refractivity contribution in [1.29, 1.82) is 0 Å². The zero-order valence-electron chi connectivity index (χ0n) is 20.4. The summed E-state index contributed by atoms with van der Waals surface area (Å²) in [6.45, 7) is 10.7. The number of hydrogen-bond donors (Lipinski definition) is 2. The van der Waals surface area contributed by atoms with Crippen molar-refractivity contribution < 1.29 is 13.9 Å². The Hall–Kier alpha value is -3.10. The monoisotopic (exact) mass is 465 g/mol. The van der Waals surface area contributed by atoms with Gasteiger partial charge in [-0.15, -0.1) is 0 Å². The van der Waals surface area contributed by atoms with Gasteiger partial charge in [-0.25, -0.2) is 4.98 Å². The van der Waals surface area contributed by atoms with Gasteiger partial charge in [0.2, 0.25) is 15.0 Å². The van der Waals surface area contributed by atoms with Crippen LogP contribution in [0.4, 0.5) is 11.8 Å². The lowest BCUT2D eigenvalue weighted by molar-refractivity contribution is 0.251. The van der Waals surface area contributed by atoms with Gasteiger partial charge in [0.25, 0.3) is 0 Å². The maximum absolute atomic E-state index is 6.38. The molecule has 0 amide bonds. The third-order valence-corrected chi connectivity index (χ3v) is 6.08. The molecule has 1 aromatic heterocycles. The number of nitrogens with two attached hydrogens (primary N) is 2. The van der Waals surface area contributed by atoms with E-state index in [0.717, 1.165) is 16.7 Å². The summed E-state index contributed by atoms with van der Waals surface area (Å²) in [6.07, 6.45) is 1.16. The first-order chi connectivity index (χ1) is 15.5. The van der Waals surface area contributed by atoms with Gasteiger partial charge in [-0.05, 0) is 47.3 Å². The first-order valence-corrected chi connectivity index (χ1v) is 13.2. The Morgan fingerprint density at radius 1 is 0.970 bits per heavy atom. The summed E-state index contributed by atoms with van der Waals surface area (Å²) in [7, 11) is 2.17. The number of rotatable bonds is 7. The van der Waals surface area contributed by atoms with Crippen LogP contribution in [0.5, 0.6) is 11.5 Å². The van der Waals surface area contributed by atoms with E-state index in [4.69, 9.17) is 25.4 Å². The molecular formula is C25H33N4O3Si. The highest BCUT2D eigenvalue weighted by molar-refractivity contribution is 6.48. The Morgan fingerprint density at radius 2 is 1.64 bits per heavy atom. The summed E-state index contributed by atoms with van der Waals surface area (Å²) in [4.78, 5) is 8.28. The van der Waals surface area contributed by atoms with Gasteiger partial charge in [-0.1, -0.05) is 45.0 Å². The number of hydrogen-bond acceptors (Lipinski definition) is 7. The van der Waals surface area contributed by atoms with Crippen molar-refractivity contribution >= 4 is 20.8 Å². The molecule has 0 aliphatic rings. The van der Waals surface area contributed by atoms with Crippen LogP contribution in [0, 0.1) is 0 Å². The molecule has 4 N–H and O–H groups in total. The van der Waals surface area contributed by atoms with Crippen molar-refractivity contribution in [2.75, 3.05) is 25.7 Å². The first-order valence-electron chi connectivity index (χ1n) is 10.8. The predicted octanol–water partition coefficient (Wildman–Crippen LogP) is 4.98. The Morgan fingerprint density at radius 3 is 2.15 bits per heavy atom. The van der Waals surface area contributed by atoms with Crippen LogP contribution < -0.4 is 20.9 Å². The molecule has 1 heterocycles. The van der Waals surface area contributed by atoms with Crippen LogP contribution in [0.1, 0.15) is 43.6 Å². The minimum atomic E-state index is -1.10. The van der Waals surface area contributed by atoms with Crippen molar-refractivity contribution in [2.45, 2.75) is 45.4 Å². The van der Waals surface area contributed by atoms with Gasteiger partial charge in [0.1, 0.15) is 11.9 Å². The summed E-state index contributed by atoms with van der Waals surface area (Å²) in [6, 6.07) is 12.5. The third-order valence-electron chi connectivity index (χ3n) is 5.37. The standard InChI is InChI=1S/C25H33N4O3Si/c1-25(2,3)17-10-8-15(9-11-17)18-12-16(13-20(30-4)22(18)31-5)21(32-33(6)7)19-14-28-24(27)29-23(19)26/h8-14,21H,1-7H3,(H4,26,27,28,29). The molecule has 1 unspecified atom stereocenters. The quantitative estimate of drug-likeness (QED) is 0.474. The number of benzene rings is 2. The molecule has 0 aliphatic carbocycles. The van der Waals surface area contributed by atoms with Crippen LogP contribution in [-0.4, -0.2) is 33.2 Å². The van der Waals surface area contributed by atoms with Gasteiger partial charge in [0, 0.05) is 17.3 Å². The van der Waals surface area contributed by atoms with Gasteiger partial charge in [-0.3, -0.25) is 0 Å². The molecule has 175 valence electrons. The fourth-order valence-corrected chi connectivity index (χ4v) is 4.40. The number of anilines is 2. The molecule has 0 spiro atoms. The first kappa shape index (κ1) is 24.5. The van der Waals surface area contributed by atoms with Gasteiger partial charge < -0.3 is 25.4 Å². The minimum Gasteiger partial charge on any atom is -0.493 e. The van der Waals surface area contributed by atoms with Crippen LogP contribution in [0.15, 0.2) is 42.6 Å². The van der Waals surface area contributed by atoms with Crippen molar-refractivity contribution in [3.63, 3.8) is 0 Å². The van der Waals surface area contributed by atoms with Crippen molar-refractivity contribution in [3.05, 3.63) is 59.3 Å². The number of nitrogens with zero attached hydrogens (tertiary/aromatic N) is 2. The molecule has 0 saturated carbocycles. The number of nitrogen functional groups attached to an aromatic ring is 2. The molecule has 0 aliphatic heterocycles. The second-order valence-corrected chi connectivity index (χ2v) is 11.2. The second kappa shape index (κ2) is 9.80. The van der Waals surface area contributed by atoms with Crippen LogP contribution in [-0.2, 0) is 9.84 Å². The zero-order valence-corrected chi connectivity index (χ0v) is 21.4. The Kier molecular flexibility index (Phi) is 7.29. The van der Waals surface area contributed by atoms with Gasteiger partial charge in [0.15, 0.2) is 11.5 Å². The van der Waals surface area contributed by atoms with Crippen LogP contribution in [0.3, 0.4) is 0 Å². The Bertz CT molecular complexity index is 1110. The molecule has 0 bridgehead atoms. The highest BCUT2D eigenvalue weighted by Gasteiger charge is 2.25. The molecule has 0 fully saturated rings. The smallest absolute Gasteiger partial charge is 0.221 e. The Balaban J connectivity index is 2.20. The Labute approximate surface area is 197 Å². The van der Waals surface area contributed by atoms with E-state index >= 15 is 0 Å². The number of aromatic nitrogens is 2.